The third-order valence-corrected chi connectivity index (χ3v) is 13.3. The highest BCUT2D eigenvalue weighted by molar-refractivity contribution is 5.17. The van der Waals surface area contributed by atoms with Gasteiger partial charge in [-0.3, -0.25) is 0 Å². The van der Waals surface area contributed by atoms with Gasteiger partial charge < -0.3 is 0 Å². The Kier molecular flexibility index (Phi) is 38.0. The molecule has 0 aromatic heterocycles. The van der Waals surface area contributed by atoms with Crippen LogP contribution >= 0.6 is 0 Å². The zero-order valence-corrected chi connectivity index (χ0v) is 38.3. The van der Waals surface area contributed by atoms with Gasteiger partial charge in [-0.1, -0.05) is 221 Å². The highest BCUT2D eigenvalue weighted by Gasteiger charge is 2.30. The van der Waals surface area contributed by atoms with E-state index in [-0.39, 0.29) is 0 Å². The molecule has 1 saturated carbocycles. The standard InChI is InChI=1S/4C12H22.C8H12/c4*1-2-4-6-8-10-12-11-9-7-5-3-1;1-6-4-7-2-3-8(6)5-7/h4*1-2H,3-12H2;2,6,8H,3-5H2,1H3. The molecule has 0 aromatic rings. The molecule has 0 N–H and O–H groups in total. The summed E-state index contributed by atoms with van der Waals surface area (Å²) in [6, 6.07) is 0. The molecule has 0 saturated heterocycles. The monoisotopic (exact) mass is 773 g/mol. The van der Waals surface area contributed by atoms with Gasteiger partial charge in [0.05, 0.1) is 0 Å². The van der Waals surface area contributed by atoms with Gasteiger partial charge in [0.15, 0.2) is 0 Å². The Balaban J connectivity index is 0.000000243. The van der Waals surface area contributed by atoms with Crippen molar-refractivity contribution in [3.05, 3.63) is 60.3 Å². The van der Waals surface area contributed by atoms with Gasteiger partial charge in [-0.25, -0.2) is 0 Å². The van der Waals surface area contributed by atoms with E-state index in [1.165, 1.54) is 276 Å². The molecule has 6 rings (SSSR count). The number of allylic oxidation sites excluding steroid dienone is 10. The van der Waals surface area contributed by atoms with Crippen molar-refractivity contribution in [1.82, 2.24) is 0 Å². The number of rotatable bonds is 0. The van der Waals surface area contributed by atoms with Crippen LogP contribution in [0.1, 0.15) is 283 Å². The predicted molar refractivity (Wildman–Crippen MR) is 256 cm³/mol. The summed E-state index contributed by atoms with van der Waals surface area (Å²) in [4.78, 5) is 0. The third kappa shape index (κ3) is 34.7. The second kappa shape index (κ2) is 41.8. The van der Waals surface area contributed by atoms with Crippen LogP contribution in [0.25, 0.3) is 0 Å². The SMILES string of the molecule is C1=CCCCCCCCCCC1.C1=CCCCCCCCCCC1.C1=CCCCCCCCCCC1.C1=CCCCCCCCCCC1.CC1CC2=CCC1C2. The lowest BCUT2D eigenvalue weighted by molar-refractivity contribution is 0.424. The van der Waals surface area contributed by atoms with E-state index >= 15 is 0 Å². The lowest BCUT2D eigenvalue weighted by Crippen LogP contribution is -2.01. The summed E-state index contributed by atoms with van der Waals surface area (Å²) in [6.45, 7) is 2.38. The molecule has 0 heteroatoms. The Morgan fingerprint density at radius 3 is 0.589 bits per heavy atom. The maximum absolute atomic E-state index is 2.44. The predicted octanol–water partition coefficient (Wildman–Crippen LogP) is 20.2. The van der Waals surface area contributed by atoms with Crippen molar-refractivity contribution >= 4 is 0 Å². The molecule has 56 heavy (non-hydrogen) atoms. The topological polar surface area (TPSA) is 0 Å². The van der Waals surface area contributed by atoms with Crippen LogP contribution in [-0.2, 0) is 0 Å². The van der Waals surface area contributed by atoms with Crippen molar-refractivity contribution < 1.29 is 0 Å². The largest absolute Gasteiger partial charge is 0.0885 e. The van der Waals surface area contributed by atoms with Gasteiger partial charge >= 0.3 is 0 Å². The first-order valence-electron chi connectivity index (χ1n) is 26.1. The molecule has 6 aliphatic rings. The first kappa shape index (κ1) is 50.8. The summed E-state index contributed by atoms with van der Waals surface area (Å²) in [7, 11) is 0. The minimum Gasteiger partial charge on any atom is -0.0885 e. The molecule has 0 radical (unpaired) electrons. The van der Waals surface area contributed by atoms with Gasteiger partial charge in [0.1, 0.15) is 0 Å². The van der Waals surface area contributed by atoms with E-state index in [1.54, 1.807) is 5.57 Å². The van der Waals surface area contributed by atoms with Crippen molar-refractivity contribution in [2.45, 2.75) is 283 Å². The Morgan fingerprint density at radius 2 is 0.464 bits per heavy atom. The first-order valence-corrected chi connectivity index (χ1v) is 26.1. The second-order valence-electron chi connectivity index (χ2n) is 18.8. The van der Waals surface area contributed by atoms with E-state index in [0.717, 1.165) is 11.8 Å². The molecule has 2 unspecified atom stereocenters. The van der Waals surface area contributed by atoms with Crippen molar-refractivity contribution in [2.75, 3.05) is 0 Å². The second-order valence-corrected chi connectivity index (χ2v) is 18.8. The minimum atomic E-state index is 1.01. The number of hydrogen-bond donors (Lipinski definition) is 0. The highest BCUT2D eigenvalue weighted by atomic mass is 14.4. The fraction of sp³-hybridized carbons (Fsp3) is 0.821. The van der Waals surface area contributed by atoms with Crippen molar-refractivity contribution in [1.29, 1.82) is 0 Å². The van der Waals surface area contributed by atoms with Gasteiger partial charge in [-0.15, -0.1) is 0 Å². The average molecular weight is 773 g/mol. The van der Waals surface area contributed by atoms with Crippen LogP contribution in [0.5, 0.6) is 0 Å². The lowest BCUT2D eigenvalue weighted by atomic mass is 9.94. The molecular formula is C56H100. The Bertz CT molecular complexity index is 767. The number of hydrogen-bond acceptors (Lipinski definition) is 0. The summed E-state index contributed by atoms with van der Waals surface area (Å²) < 4.78 is 0. The van der Waals surface area contributed by atoms with Crippen LogP contribution in [0.15, 0.2) is 60.3 Å². The quantitative estimate of drug-likeness (QED) is 0.215. The van der Waals surface area contributed by atoms with Crippen LogP contribution in [0.2, 0.25) is 0 Å². The summed E-state index contributed by atoms with van der Waals surface area (Å²) in [6.07, 6.45) is 82.7. The highest BCUT2D eigenvalue weighted by Crippen LogP contribution is 2.43. The summed E-state index contributed by atoms with van der Waals surface area (Å²) in [5, 5.41) is 0. The van der Waals surface area contributed by atoms with E-state index in [1.807, 2.05) is 0 Å². The van der Waals surface area contributed by atoms with Crippen LogP contribution in [0, 0.1) is 11.8 Å². The molecule has 6 aliphatic carbocycles. The molecule has 0 aromatic carbocycles. The molecule has 324 valence electrons. The van der Waals surface area contributed by atoms with Gasteiger partial charge in [0.2, 0.25) is 0 Å². The van der Waals surface area contributed by atoms with Gasteiger partial charge in [-0.2, -0.15) is 0 Å². The van der Waals surface area contributed by atoms with Crippen LogP contribution in [-0.4, -0.2) is 0 Å². The molecule has 1 fully saturated rings. The molecule has 0 nitrogen and oxygen atoms in total. The normalized spacial score (nSPS) is 25.6. The van der Waals surface area contributed by atoms with Gasteiger partial charge in [0, 0.05) is 0 Å². The molecule has 2 atom stereocenters. The Labute approximate surface area is 353 Å². The van der Waals surface area contributed by atoms with Gasteiger partial charge in [-0.05, 0) is 134 Å². The Morgan fingerprint density at radius 1 is 0.268 bits per heavy atom. The van der Waals surface area contributed by atoms with E-state index < -0.39 is 0 Å². The van der Waals surface area contributed by atoms with Gasteiger partial charge in [0.25, 0.3) is 0 Å². The Hall–Kier alpha value is -1.30. The fourth-order valence-corrected chi connectivity index (χ4v) is 9.28. The molecule has 0 spiro atoms. The zero-order valence-electron chi connectivity index (χ0n) is 38.3. The smallest absolute Gasteiger partial charge is 0.0286 e. The molecule has 0 heterocycles. The van der Waals surface area contributed by atoms with Crippen molar-refractivity contribution in [3.63, 3.8) is 0 Å². The van der Waals surface area contributed by atoms with E-state index in [0.29, 0.717) is 0 Å². The van der Waals surface area contributed by atoms with Crippen molar-refractivity contribution in [2.24, 2.45) is 11.8 Å². The molecule has 2 bridgehead atoms. The molecule has 0 amide bonds. The van der Waals surface area contributed by atoms with E-state index in [4.69, 9.17) is 0 Å². The fourth-order valence-electron chi connectivity index (χ4n) is 9.28. The lowest BCUT2D eigenvalue weighted by Gasteiger charge is -2.11. The summed E-state index contributed by atoms with van der Waals surface area (Å²) in [5.41, 5.74) is 1.74. The first-order chi connectivity index (χ1) is 27.9. The van der Waals surface area contributed by atoms with Crippen molar-refractivity contribution in [3.8, 4) is 0 Å². The third-order valence-electron chi connectivity index (χ3n) is 13.3. The summed E-state index contributed by atoms with van der Waals surface area (Å²) >= 11 is 0. The van der Waals surface area contributed by atoms with E-state index in [9.17, 15) is 0 Å². The van der Waals surface area contributed by atoms with Crippen LogP contribution in [0.3, 0.4) is 0 Å². The van der Waals surface area contributed by atoms with E-state index in [2.05, 4.69) is 61.6 Å². The van der Waals surface area contributed by atoms with Crippen LogP contribution in [0.4, 0.5) is 0 Å². The summed E-state index contributed by atoms with van der Waals surface area (Å²) in [5.74, 6) is 2.06. The number of fused-ring (bicyclic) bond motifs is 2. The molecular weight excluding hydrogens is 673 g/mol. The van der Waals surface area contributed by atoms with Crippen LogP contribution < -0.4 is 0 Å². The maximum Gasteiger partial charge on any atom is -0.0286 e. The average Bonchev–Trinajstić information content (AvgIpc) is 3.80. The maximum atomic E-state index is 2.44. The zero-order chi connectivity index (χ0) is 39.5. The minimum absolute atomic E-state index is 1.01. The molecule has 0 aliphatic heterocycles.